The van der Waals surface area contributed by atoms with Crippen LogP contribution in [0.1, 0.15) is 21.5 Å². The second kappa shape index (κ2) is 9.05. The first-order valence-electron chi connectivity index (χ1n) is 7.90. The van der Waals surface area contributed by atoms with E-state index in [4.69, 9.17) is 10.5 Å². The average molecular weight is 372 g/mol. The lowest BCUT2D eigenvalue weighted by Gasteiger charge is -2.08. The molecule has 0 aliphatic heterocycles. The SMILES string of the molecule is Cc1ccc(SCC(=O)OCC(=O)Nc2ccc(C(N)=O)cc2)cc1C. The number of esters is 1. The number of nitrogens with two attached hydrogens (primary N) is 1. The molecule has 3 N–H and O–H groups in total. The fourth-order valence-electron chi connectivity index (χ4n) is 2.05. The summed E-state index contributed by atoms with van der Waals surface area (Å²) in [5, 5.41) is 2.58. The molecular formula is C19H20N2O4S. The van der Waals surface area contributed by atoms with Crippen molar-refractivity contribution in [1.29, 1.82) is 0 Å². The zero-order valence-electron chi connectivity index (χ0n) is 14.6. The van der Waals surface area contributed by atoms with Crippen molar-refractivity contribution in [3.63, 3.8) is 0 Å². The van der Waals surface area contributed by atoms with Crippen LogP contribution < -0.4 is 11.1 Å². The van der Waals surface area contributed by atoms with Crippen LogP contribution in [0.4, 0.5) is 5.69 Å². The van der Waals surface area contributed by atoms with Gasteiger partial charge in [0.25, 0.3) is 5.91 Å². The Morgan fingerprint density at radius 1 is 1.04 bits per heavy atom. The minimum Gasteiger partial charge on any atom is -0.455 e. The molecule has 0 aromatic heterocycles. The molecule has 2 amide bonds. The van der Waals surface area contributed by atoms with Crippen molar-refractivity contribution in [1.82, 2.24) is 0 Å². The van der Waals surface area contributed by atoms with E-state index < -0.39 is 17.8 Å². The first-order valence-corrected chi connectivity index (χ1v) is 8.89. The Bertz CT molecular complexity index is 819. The summed E-state index contributed by atoms with van der Waals surface area (Å²) in [4.78, 5) is 35.5. The third kappa shape index (κ3) is 5.93. The fraction of sp³-hybridized carbons (Fsp3) is 0.211. The van der Waals surface area contributed by atoms with E-state index in [1.807, 2.05) is 32.0 Å². The summed E-state index contributed by atoms with van der Waals surface area (Å²) in [7, 11) is 0. The highest BCUT2D eigenvalue weighted by Crippen LogP contribution is 2.21. The third-order valence-electron chi connectivity index (χ3n) is 3.65. The van der Waals surface area contributed by atoms with Crippen LogP contribution in [0.25, 0.3) is 0 Å². The standard InChI is InChI=1S/C19H20N2O4S/c1-12-3-8-16(9-13(12)2)26-11-18(23)25-10-17(22)21-15-6-4-14(5-7-15)19(20)24/h3-9H,10-11H2,1-2H3,(H2,20,24)(H,21,22). The zero-order chi connectivity index (χ0) is 19.1. The number of carbonyl (C=O) groups excluding carboxylic acids is 3. The number of primary amides is 1. The number of carbonyl (C=O) groups is 3. The number of hydrogen-bond donors (Lipinski definition) is 2. The van der Waals surface area contributed by atoms with E-state index in [9.17, 15) is 14.4 Å². The minimum absolute atomic E-state index is 0.128. The highest BCUT2D eigenvalue weighted by Gasteiger charge is 2.09. The van der Waals surface area contributed by atoms with Crippen LogP contribution in [0, 0.1) is 13.8 Å². The van der Waals surface area contributed by atoms with Crippen molar-refractivity contribution in [2.75, 3.05) is 17.7 Å². The van der Waals surface area contributed by atoms with Gasteiger partial charge in [-0.15, -0.1) is 11.8 Å². The summed E-state index contributed by atoms with van der Waals surface area (Å²) < 4.78 is 4.97. The van der Waals surface area contributed by atoms with Crippen LogP contribution in [0.5, 0.6) is 0 Å². The van der Waals surface area contributed by atoms with Crippen LogP contribution in [-0.4, -0.2) is 30.1 Å². The van der Waals surface area contributed by atoms with E-state index in [1.165, 1.54) is 29.5 Å². The molecule has 0 aliphatic carbocycles. The van der Waals surface area contributed by atoms with Gasteiger partial charge >= 0.3 is 5.97 Å². The molecule has 0 unspecified atom stereocenters. The maximum absolute atomic E-state index is 11.8. The Balaban J connectivity index is 1.74. The Labute approximate surface area is 156 Å². The molecule has 0 bridgehead atoms. The van der Waals surface area contributed by atoms with E-state index in [2.05, 4.69) is 5.32 Å². The second-order valence-corrected chi connectivity index (χ2v) is 6.73. The van der Waals surface area contributed by atoms with Gasteiger partial charge in [0.1, 0.15) is 0 Å². The highest BCUT2D eigenvalue weighted by molar-refractivity contribution is 8.00. The Kier molecular flexibility index (Phi) is 6.80. The number of thioether (sulfide) groups is 1. The molecule has 0 atom stereocenters. The molecule has 2 aromatic rings. The predicted molar refractivity (Wildman–Crippen MR) is 101 cm³/mol. The molecule has 0 saturated carbocycles. The third-order valence-corrected chi connectivity index (χ3v) is 4.62. The molecule has 0 heterocycles. The molecule has 0 spiro atoms. The molecular weight excluding hydrogens is 352 g/mol. The second-order valence-electron chi connectivity index (χ2n) is 5.69. The monoisotopic (exact) mass is 372 g/mol. The minimum atomic E-state index is -0.543. The number of ether oxygens (including phenoxy) is 1. The number of rotatable bonds is 7. The molecule has 2 rings (SSSR count). The van der Waals surface area contributed by atoms with Gasteiger partial charge in [0.2, 0.25) is 5.91 Å². The summed E-state index contributed by atoms with van der Waals surface area (Å²) in [6.45, 7) is 3.67. The van der Waals surface area contributed by atoms with Gasteiger partial charge < -0.3 is 15.8 Å². The number of amides is 2. The van der Waals surface area contributed by atoms with E-state index in [1.54, 1.807) is 12.1 Å². The molecule has 0 saturated heterocycles. The molecule has 0 radical (unpaired) electrons. The summed E-state index contributed by atoms with van der Waals surface area (Å²) in [6, 6.07) is 12.1. The van der Waals surface area contributed by atoms with Gasteiger partial charge in [-0.1, -0.05) is 6.07 Å². The maximum atomic E-state index is 11.8. The first-order chi connectivity index (χ1) is 12.3. The largest absolute Gasteiger partial charge is 0.455 e. The molecule has 0 aliphatic rings. The number of aryl methyl sites for hydroxylation is 2. The van der Waals surface area contributed by atoms with E-state index in [0.29, 0.717) is 11.3 Å². The van der Waals surface area contributed by atoms with Crippen molar-refractivity contribution < 1.29 is 19.1 Å². The van der Waals surface area contributed by atoms with Gasteiger partial charge in [-0.3, -0.25) is 14.4 Å². The van der Waals surface area contributed by atoms with Gasteiger partial charge in [-0.25, -0.2) is 0 Å². The van der Waals surface area contributed by atoms with Gasteiger partial charge in [0.15, 0.2) is 6.61 Å². The number of nitrogens with one attached hydrogen (secondary N) is 1. The quantitative estimate of drug-likeness (QED) is 0.575. The number of hydrogen-bond acceptors (Lipinski definition) is 5. The van der Waals surface area contributed by atoms with Crippen LogP contribution in [0.3, 0.4) is 0 Å². The van der Waals surface area contributed by atoms with Crippen molar-refractivity contribution in [3.8, 4) is 0 Å². The Morgan fingerprint density at radius 2 is 1.73 bits per heavy atom. The Hall–Kier alpha value is -2.80. The van der Waals surface area contributed by atoms with Gasteiger partial charge in [0, 0.05) is 16.1 Å². The van der Waals surface area contributed by atoms with Crippen molar-refractivity contribution in [2.45, 2.75) is 18.7 Å². The van der Waals surface area contributed by atoms with E-state index in [-0.39, 0.29) is 12.4 Å². The summed E-state index contributed by atoms with van der Waals surface area (Å²) in [6.07, 6.45) is 0. The van der Waals surface area contributed by atoms with Crippen molar-refractivity contribution in [2.24, 2.45) is 5.73 Å². The average Bonchev–Trinajstić information content (AvgIpc) is 2.61. The molecule has 136 valence electrons. The van der Waals surface area contributed by atoms with Crippen LogP contribution in [0.15, 0.2) is 47.4 Å². The Morgan fingerprint density at radius 3 is 2.35 bits per heavy atom. The smallest absolute Gasteiger partial charge is 0.316 e. The normalized spacial score (nSPS) is 10.2. The fourth-order valence-corrected chi connectivity index (χ4v) is 2.84. The van der Waals surface area contributed by atoms with Crippen molar-refractivity contribution >= 4 is 35.2 Å². The molecule has 26 heavy (non-hydrogen) atoms. The van der Waals surface area contributed by atoms with Crippen LogP contribution in [0.2, 0.25) is 0 Å². The molecule has 0 fully saturated rings. The summed E-state index contributed by atoms with van der Waals surface area (Å²) >= 11 is 1.36. The zero-order valence-corrected chi connectivity index (χ0v) is 15.4. The molecule has 7 heteroatoms. The number of benzene rings is 2. The summed E-state index contributed by atoms with van der Waals surface area (Å²) in [5.74, 6) is -1.34. The van der Waals surface area contributed by atoms with Gasteiger partial charge in [-0.05, 0) is 61.4 Å². The van der Waals surface area contributed by atoms with Crippen molar-refractivity contribution in [3.05, 3.63) is 59.2 Å². The lowest BCUT2D eigenvalue weighted by atomic mass is 10.1. The lowest BCUT2D eigenvalue weighted by Crippen LogP contribution is -2.21. The van der Waals surface area contributed by atoms with E-state index in [0.717, 1.165) is 10.5 Å². The van der Waals surface area contributed by atoms with E-state index >= 15 is 0 Å². The van der Waals surface area contributed by atoms with Crippen LogP contribution >= 0.6 is 11.8 Å². The maximum Gasteiger partial charge on any atom is 0.316 e. The van der Waals surface area contributed by atoms with Gasteiger partial charge in [-0.2, -0.15) is 0 Å². The first kappa shape index (κ1) is 19.5. The topological polar surface area (TPSA) is 98.5 Å². The van der Waals surface area contributed by atoms with Crippen LogP contribution in [-0.2, 0) is 14.3 Å². The lowest BCUT2D eigenvalue weighted by molar-refractivity contribution is -0.144. The summed E-state index contributed by atoms with van der Waals surface area (Å²) in [5.41, 5.74) is 8.33. The molecule has 6 nitrogen and oxygen atoms in total. The highest BCUT2D eigenvalue weighted by atomic mass is 32.2. The molecule has 2 aromatic carbocycles. The van der Waals surface area contributed by atoms with Gasteiger partial charge in [0.05, 0.1) is 5.75 Å². The predicted octanol–water partition coefficient (Wildman–Crippen LogP) is 2.68. The number of anilines is 1.